The van der Waals surface area contributed by atoms with Crippen LogP contribution in [0.3, 0.4) is 0 Å². The number of aromatic nitrogens is 1. The van der Waals surface area contributed by atoms with Crippen LogP contribution in [0, 0.1) is 13.8 Å². The van der Waals surface area contributed by atoms with Crippen LogP contribution in [0.25, 0.3) is 10.9 Å². The van der Waals surface area contributed by atoms with Crippen LogP contribution in [-0.4, -0.2) is 16.9 Å². The van der Waals surface area contributed by atoms with Gasteiger partial charge in [-0.25, -0.2) is 0 Å². The van der Waals surface area contributed by atoms with Crippen molar-refractivity contribution >= 4 is 16.8 Å². The largest absolute Gasteiger partial charge is 0.351 e. The number of aromatic amines is 1. The zero-order valence-electron chi connectivity index (χ0n) is 12.3. The van der Waals surface area contributed by atoms with E-state index in [4.69, 9.17) is 0 Å². The minimum absolute atomic E-state index is 0.0325. The molecule has 3 nitrogen and oxygen atoms in total. The lowest BCUT2D eigenvalue weighted by molar-refractivity contribution is 0.0923. The molecule has 0 radical (unpaired) electrons. The number of hydrogen-bond donors (Lipinski definition) is 2. The second-order valence-corrected chi connectivity index (χ2v) is 6.03. The monoisotopic (exact) mass is 270 g/mol. The van der Waals surface area contributed by atoms with Crippen molar-refractivity contribution in [1.29, 1.82) is 0 Å². The lowest BCUT2D eigenvalue weighted by Crippen LogP contribution is -2.36. The average Bonchev–Trinajstić information content (AvgIpc) is 2.84. The first-order valence-electron chi connectivity index (χ1n) is 7.54. The molecule has 2 aromatic rings. The van der Waals surface area contributed by atoms with E-state index in [0.717, 1.165) is 23.7 Å². The smallest absolute Gasteiger partial charge is 0.267 e. The third-order valence-corrected chi connectivity index (χ3v) is 4.27. The Hall–Kier alpha value is -1.77. The molecule has 0 spiro atoms. The topological polar surface area (TPSA) is 44.9 Å². The molecule has 1 saturated carbocycles. The number of rotatable bonds is 2. The van der Waals surface area contributed by atoms with Crippen molar-refractivity contribution in [2.24, 2.45) is 0 Å². The highest BCUT2D eigenvalue weighted by Crippen LogP contribution is 2.22. The van der Waals surface area contributed by atoms with Gasteiger partial charge in [-0.15, -0.1) is 0 Å². The molecule has 0 saturated heterocycles. The van der Waals surface area contributed by atoms with E-state index >= 15 is 0 Å². The minimum Gasteiger partial charge on any atom is -0.351 e. The minimum atomic E-state index is 0.0325. The Morgan fingerprint density at radius 2 is 1.90 bits per heavy atom. The third-order valence-electron chi connectivity index (χ3n) is 4.27. The van der Waals surface area contributed by atoms with Crippen LogP contribution in [0.5, 0.6) is 0 Å². The molecule has 1 aliphatic rings. The molecule has 1 aliphatic carbocycles. The van der Waals surface area contributed by atoms with E-state index in [1.165, 1.54) is 30.4 Å². The van der Waals surface area contributed by atoms with Crippen molar-refractivity contribution in [3.8, 4) is 0 Å². The summed E-state index contributed by atoms with van der Waals surface area (Å²) in [5, 5.41) is 4.30. The molecule has 1 amide bonds. The van der Waals surface area contributed by atoms with Crippen molar-refractivity contribution in [2.75, 3.05) is 0 Å². The van der Waals surface area contributed by atoms with Gasteiger partial charge in [0.25, 0.3) is 5.91 Å². The van der Waals surface area contributed by atoms with Crippen LogP contribution < -0.4 is 5.32 Å². The standard InChI is InChI=1S/C17H22N2O/c1-11-8-12(2)14-10-16(19-15(14)9-11)17(20)18-13-6-4-3-5-7-13/h8-10,13,19H,3-7H2,1-2H3,(H,18,20). The fourth-order valence-electron chi connectivity index (χ4n) is 3.23. The van der Waals surface area contributed by atoms with Gasteiger partial charge in [-0.3, -0.25) is 4.79 Å². The van der Waals surface area contributed by atoms with Crippen LogP contribution in [0.2, 0.25) is 0 Å². The van der Waals surface area contributed by atoms with E-state index < -0.39 is 0 Å². The number of amides is 1. The van der Waals surface area contributed by atoms with E-state index in [-0.39, 0.29) is 5.91 Å². The highest BCUT2D eigenvalue weighted by Gasteiger charge is 2.18. The first kappa shape index (κ1) is 13.2. The van der Waals surface area contributed by atoms with Crippen molar-refractivity contribution < 1.29 is 4.79 Å². The maximum absolute atomic E-state index is 12.3. The molecule has 1 aromatic heterocycles. The molecule has 2 N–H and O–H groups in total. The van der Waals surface area contributed by atoms with Gasteiger partial charge in [-0.05, 0) is 49.9 Å². The van der Waals surface area contributed by atoms with Gasteiger partial charge in [0.05, 0.1) is 0 Å². The average molecular weight is 270 g/mol. The fourth-order valence-corrected chi connectivity index (χ4v) is 3.23. The van der Waals surface area contributed by atoms with Crippen LogP contribution in [0.15, 0.2) is 18.2 Å². The summed E-state index contributed by atoms with van der Waals surface area (Å²) in [4.78, 5) is 15.6. The summed E-state index contributed by atoms with van der Waals surface area (Å²) < 4.78 is 0. The van der Waals surface area contributed by atoms with Crippen LogP contribution in [0.4, 0.5) is 0 Å². The summed E-state index contributed by atoms with van der Waals surface area (Å²) in [6, 6.07) is 6.58. The molecule has 0 bridgehead atoms. The Morgan fingerprint density at radius 3 is 2.65 bits per heavy atom. The van der Waals surface area contributed by atoms with Crippen LogP contribution in [0.1, 0.15) is 53.7 Å². The summed E-state index contributed by atoms with van der Waals surface area (Å²) in [5.41, 5.74) is 4.17. The number of carbonyl (C=O) groups excluding carboxylic acids is 1. The third kappa shape index (κ3) is 2.58. The molecule has 1 aromatic carbocycles. The molecule has 0 atom stereocenters. The van der Waals surface area contributed by atoms with Gasteiger partial charge in [0.1, 0.15) is 5.69 Å². The molecule has 20 heavy (non-hydrogen) atoms. The highest BCUT2D eigenvalue weighted by molar-refractivity contribution is 5.99. The molecule has 1 heterocycles. The number of aryl methyl sites for hydroxylation is 2. The summed E-state index contributed by atoms with van der Waals surface area (Å²) >= 11 is 0. The Bertz CT molecular complexity index is 636. The van der Waals surface area contributed by atoms with E-state index in [9.17, 15) is 4.79 Å². The molecule has 106 valence electrons. The Morgan fingerprint density at radius 1 is 1.15 bits per heavy atom. The summed E-state index contributed by atoms with van der Waals surface area (Å²) in [7, 11) is 0. The van der Waals surface area contributed by atoms with Crippen molar-refractivity contribution in [2.45, 2.75) is 52.0 Å². The zero-order valence-corrected chi connectivity index (χ0v) is 12.3. The highest BCUT2D eigenvalue weighted by atomic mass is 16.1. The molecular weight excluding hydrogens is 248 g/mol. The van der Waals surface area contributed by atoms with Gasteiger partial charge in [0.15, 0.2) is 0 Å². The number of benzene rings is 1. The number of nitrogens with one attached hydrogen (secondary N) is 2. The lowest BCUT2D eigenvalue weighted by Gasteiger charge is -2.22. The number of carbonyl (C=O) groups is 1. The molecule has 3 heteroatoms. The first-order valence-corrected chi connectivity index (χ1v) is 7.54. The number of H-pyrrole nitrogens is 1. The van der Waals surface area contributed by atoms with E-state index in [0.29, 0.717) is 11.7 Å². The number of hydrogen-bond acceptors (Lipinski definition) is 1. The van der Waals surface area contributed by atoms with Gasteiger partial charge in [0, 0.05) is 16.9 Å². The maximum atomic E-state index is 12.3. The Kier molecular flexibility index (Phi) is 3.51. The first-order chi connectivity index (χ1) is 9.63. The van der Waals surface area contributed by atoms with Crippen molar-refractivity contribution in [3.05, 3.63) is 35.0 Å². The van der Waals surface area contributed by atoms with Gasteiger partial charge in [-0.2, -0.15) is 0 Å². The van der Waals surface area contributed by atoms with Crippen molar-refractivity contribution in [3.63, 3.8) is 0 Å². The van der Waals surface area contributed by atoms with Gasteiger partial charge < -0.3 is 10.3 Å². The van der Waals surface area contributed by atoms with Crippen LogP contribution >= 0.6 is 0 Å². The molecule has 3 rings (SSSR count). The van der Waals surface area contributed by atoms with E-state index in [2.05, 4.69) is 36.3 Å². The second kappa shape index (κ2) is 5.31. The second-order valence-electron chi connectivity index (χ2n) is 6.03. The van der Waals surface area contributed by atoms with E-state index in [1.54, 1.807) is 0 Å². The maximum Gasteiger partial charge on any atom is 0.267 e. The predicted octanol–water partition coefficient (Wildman–Crippen LogP) is 3.85. The SMILES string of the molecule is Cc1cc(C)c2cc(C(=O)NC3CCCCC3)[nH]c2c1. The fraction of sp³-hybridized carbons (Fsp3) is 0.471. The Balaban J connectivity index is 1.82. The number of fused-ring (bicyclic) bond motifs is 1. The van der Waals surface area contributed by atoms with Gasteiger partial charge >= 0.3 is 0 Å². The molecule has 0 aliphatic heterocycles. The van der Waals surface area contributed by atoms with Crippen molar-refractivity contribution in [1.82, 2.24) is 10.3 Å². The lowest BCUT2D eigenvalue weighted by atomic mass is 9.95. The van der Waals surface area contributed by atoms with Gasteiger partial charge in [-0.1, -0.05) is 25.3 Å². The quantitative estimate of drug-likeness (QED) is 0.855. The van der Waals surface area contributed by atoms with Gasteiger partial charge in [0.2, 0.25) is 0 Å². The summed E-state index contributed by atoms with van der Waals surface area (Å²) in [5.74, 6) is 0.0325. The zero-order chi connectivity index (χ0) is 14.1. The van der Waals surface area contributed by atoms with Crippen LogP contribution in [-0.2, 0) is 0 Å². The molecular formula is C17H22N2O. The normalized spacial score (nSPS) is 16.5. The predicted molar refractivity (Wildman–Crippen MR) is 82.1 cm³/mol. The summed E-state index contributed by atoms with van der Waals surface area (Å²) in [6.07, 6.45) is 6.00. The molecule has 1 fully saturated rings. The van der Waals surface area contributed by atoms with E-state index in [1.807, 2.05) is 6.07 Å². The molecule has 0 unspecified atom stereocenters. The summed E-state index contributed by atoms with van der Waals surface area (Å²) in [6.45, 7) is 4.17. The Labute approximate surface area is 119 Å².